The smallest absolute Gasteiger partial charge is 0.237 e. The molecule has 5 nitrogen and oxygen atoms in total. The van der Waals surface area contributed by atoms with Gasteiger partial charge in [-0.25, -0.2) is 0 Å². The summed E-state index contributed by atoms with van der Waals surface area (Å²) in [6.45, 7) is 4.25. The van der Waals surface area contributed by atoms with Crippen molar-refractivity contribution in [3.8, 4) is 0 Å². The number of nitrogens with zero attached hydrogens (tertiary/aromatic N) is 2. The first-order valence-corrected chi connectivity index (χ1v) is 7.41. The summed E-state index contributed by atoms with van der Waals surface area (Å²) < 4.78 is 5.21. The van der Waals surface area contributed by atoms with E-state index in [9.17, 15) is 4.79 Å². The number of rotatable bonds is 5. The monoisotopic (exact) mass is 341 g/mol. The van der Waals surface area contributed by atoms with Gasteiger partial charge in [-0.3, -0.25) is 9.69 Å². The molecule has 0 bridgehead atoms. The standard InChI is InChI=1S/C14H27N3O2.2ClH/c1-16(12-5-7-15-8-6-12)10-14(18)17-9-3-4-13(17)11-19-2;;/h12-13,15H,3-11H2,1-2H3;2*1H/t13-;;/m0../s1. The molecule has 0 aromatic rings. The number of amides is 1. The van der Waals surface area contributed by atoms with E-state index in [2.05, 4.69) is 17.3 Å². The van der Waals surface area contributed by atoms with Crippen molar-refractivity contribution in [3.63, 3.8) is 0 Å². The second-order valence-corrected chi connectivity index (χ2v) is 5.73. The maximum Gasteiger partial charge on any atom is 0.237 e. The average Bonchev–Trinajstić information content (AvgIpc) is 2.88. The third-order valence-electron chi connectivity index (χ3n) is 4.37. The van der Waals surface area contributed by atoms with Crippen LogP contribution in [0.4, 0.5) is 0 Å². The molecule has 7 heteroatoms. The van der Waals surface area contributed by atoms with E-state index in [0.29, 0.717) is 25.2 Å². The molecule has 2 saturated heterocycles. The van der Waals surface area contributed by atoms with Crippen LogP contribution in [0.2, 0.25) is 0 Å². The van der Waals surface area contributed by atoms with Gasteiger partial charge < -0.3 is 15.0 Å². The highest BCUT2D eigenvalue weighted by Gasteiger charge is 2.30. The van der Waals surface area contributed by atoms with E-state index in [0.717, 1.165) is 45.3 Å². The fourth-order valence-electron chi connectivity index (χ4n) is 3.21. The van der Waals surface area contributed by atoms with Crippen molar-refractivity contribution in [1.29, 1.82) is 0 Å². The molecule has 0 aromatic heterocycles. The van der Waals surface area contributed by atoms with Crippen LogP contribution in [0.15, 0.2) is 0 Å². The summed E-state index contributed by atoms with van der Waals surface area (Å²) in [6.07, 6.45) is 4.48. The van der Waals surface area contributed by atoms with Crippen molar-refractivity contribution < 1.29 is 9.53 Å². The molecule has 2 heterocycles. The largest absolute Gasteiger partial charge is 0.383 e. The topological polar surface area (TPSA) is 44.8 Å². The maximum atomic E-state index is 12.4. The minimum Gasteiger partial charge on any atom is -0.383 e. The fraction of sp³-hybridized carbons (Fsp3) is 0.929. The van der Waals surface area contributed by atoms with E-state index in [1.54, 1.807) is 7.11 Å². The highest BCUT2D eigenvalue weighted by atomic mass is 35.5. The highest BCUT2D eigenvalue weighted by molar-refractivity contribution is 5.85. The number of halogens is 2. The summed E-state index contributed by atoms with van der Waals surface area (Å²) in [6, 6.07) is 0.840. The molecule has 0 unspecified atom stereocenters. The number of hydrogen-bond donors (Lipinski definition) is 1. The predicted molar refractivity (Wildman–Crippen MR) is 89.6 cm³/mol. The molecule has 2 aliphatic heterocycles. The van der Waals surface area contributed by atoms with Gasteiger partial charge in [-0.15, -0.1) is 24.8 Å². The molecule has 0 saturated carbocycles. The minimum atomic E-state index is 0. The summed E-state index contributed by atoms with van der Waals surface area (Å²) in [5.74, 6) is 0.264. The van der Waals surface area contributed by atoms with Crippen LogP contribution in [0.25, 0.3) is 0 Å². The number of likely N-dealkylation sites (N-methyl/N-ethyl adjacent to an activating group) is 1. The third-order valence-corrected chi connectivity index (χ3v) is 4.37. The molecule has 2 rings (SSSR count). The lowest BCUT2D eigenvalue weighted by Crippen LogP contribution is -2.48. The van der Waals surface area contributed by atoms with E-state index in [1.807, 2.05) is 4.90 Å². The van der Waals surface area contributed by atoms with Crippen molar-refractivity contribution in [3.05, 3.63) is 0 Å². The number of ether oxygens (including phenoxy) is 1. The Morgan fingerprint density at radius 3 is 2.57 bits per heavy atom. The summed E-state index contributed by atoms with van der Waals surface area (Å²) in [4.78, 5) is 16.6. The normalized spacial score (nSPS) is 22.8. The number of piperidine rings is 1. The van der Waals surface area contributed by atoms with Crippen LogP contribution in [-0.2, 0) is 9.53 Å². The molecular weight excluding hydrogens is 313 g/mol. The van der Waals surface area contributed by atoms with Crippen LogP contribution in [0.3, 0.4) is 0 Å². The van der Waals surface area contributed by atoms with Crippen LogP contribution < -0.4 is 5.32 Å². The van der Waals surface area contributed by atoms with Crippen molar-refractivity contribution >= 4 is 30.7 Å². The zero-order valence-corrected chi connectivity index (χ0v) is 14.7. The minimum absolute atomic E-state index is 0. The lowest BCUT2D eigenvalue weighted by molar-refractivity contribution is -0.134. The molecule has 126 valence electrons. The van der Waals surface area contributed by atoms with Crippen LogP contribution in [0.1, 0.15) is 25.7 Å². The molecular formula is C14H29Cl2N3O2. The molecule has 1 N–H and O–H groups in total. The SMILES string of the molecule is COC[C@@H]1CCCN1C(=O)CN(C)C1CCNCC1.Cl.Cl. The zero-order chi connectivity index (χ0) is 13.7. The molecule has 1 amide bonds. The Labute approximate surface area is 140 Å². The molecule has 0 aliphatic carbocycles. The molecule has 0 aromatic carbocycles. The van der Waals surface area contributed by atoms with Gasteiger partial charge in [-0.05, 0) is 45.8 Å². The summed E-state index contributed by atoms with van der Waals surface area (Å²) >= 11 is 0. The Kier molecular flexibility index (Phi) is 10.6. The van der Waals surface area contributed by atoms with Gasteiger partial charge in [0, 0.05) is 19.7 Å². The Morgan fingerprint density at radius 1 is 1.29 bits per heavy atom. The molecule has 0 spiro atoms. The van der Waals surface area contributed by atoms with Gasteiger partial charge in [0.05, 0.1) is 19.2 Å². The Morgan fingerprint density at radius 2 is 1.95 bits per heavy atom. The molecule has 1 atom stereocenters. The number of hydrogen-bond acceptors (Lipinski definition) is 4. The quantitative estimate of drug-likeness (QED) is 0.814. The van der Waals surface area contributed by atoms with Crippen LogP contribution in [0, 0.1) is 0 Å². The van der Waals surface area contributed by atoms with Gasteiger partial charge in [0.25, 0.3) is 0 Å². The number of methoxy groups -OCH3 is 1. The van der Waals surface area contributed by atoms with Crippen LogP contribution in [0.5, 0.6) is 0 Å². The molecule has 2 fully saturated rings. The third kappa shape index (κ3) is 5.91. The van der Waals surface area contributed by atoms with Crippen molar-refractivity contribution in [2.45, 2.75) is 37.8 Å². The Bertz CT molecular complexity index is 302. The first-order valence-electron chi connectivity index (χ1n) is 7.41. The van der Waals surface area contributed by atoms with Crippen molar-refractivity contribution in [2.24, 2.45) is 0 Å². The van der Waals surface area contributed by atoms with E-state index >= 15 is 0 Å². The molecule has 2 aliphatic rings. The number of carbonyl (C=O) groups excluding carboxylic acids is 1. The fourth-order valence-corrected chi connectivity index (χ4v) is 3.21. The first-order chi connectivity index (χ1) is 9.22. The lowest BCUT2D eigenvalue weighted by atomic mass is 10.1. The summed E-state index contributed by atoms with van der Waals surface area (Å²) in [5, 5.41) is 3.36. The van der Waals surface area contributed by atoms with Crippen molar-refractivity contribution in [1.82, 2.24) is 15.1 Å². The van der Waals surface area contributed by atoms with E-state index in [1.165, 1.54) is 0 Å². The van der Waals surface area contributed by atoms with Crippen molar-refractivity contribution in [2.75, 3.05) is 46.9 Å². The number of likely N-dealkylation sites (tertiary alicyclic amines) is 1. The summed E-state index contributed by atoms with van der Waals surface area (Å²) in [5.41, 5.74) is 0. The molecule has 21 heavy (non-hydrogen) atoms. The van der Waals surface area contributed by atoms with Gasteiger partial charge in [-0.1, -0.05) is 0 Å². The second kappa shape index (κ2) is 10.6. The maximum absolute atomic E-state index is 12.4. The Balaban J connectivity index is 0.00000200. The van der Waals surface area contributed by atoms with Gasteiger partial charge in [0.2, 0.25) is 5.91 Å². The molecule has 0 radical (unpaired) electrons. The van der Waals surface area contributed by atoms with Gasteiger partial charge in [0.15, 0.2) is 0 Å². The predicted octanol–water partition coefficient (Wildman–Crippen LogP) is 1.15. The average molecular weight is 342 g/mol. The van der Waals surface area contributed by atoms with E-state index < -0.39 is 0 Å². The Hall–Kier alpha value is -0.0700. The number of carbonyl (C=O) groups is 1. The second-order valence-electron chi connectivity index (χ2n) is 5.73. The van der Waals surface area contributed by atoms with E-state index in [-0.39, 0.29) is 30.7 Å². The van der Waals surface area contributed by atoms with Gasteiger partial charge in [0.1, 0.15) is 0 Å². The van der Waals surface area contributed by atoms with Crippen LogP contribution in [-0.4, -0.2) is 74.7 Å². The first kappa shape index (κ1) is 20.9. The number of nitrogens with one attached hydrogen (secondary N) is 1. The highest BCUT2D eigenvalue weighted by Crippen LogP contribution is 2.18. The lowest BCUT2D eigenvalue weighted by Gasteiger charge is -2.33. The van der Waals surface area contributed by atoms with Crippen LogP contribution >= 0.6 is 24.8 Å². The summed E-state index contributed by atoms with van der Waals surface area (Å²) in [7, 11) is 3.79. The van der Waals surface area contributed by atoms with Gasteiger partial charge in [-0.2, -0.15) is 0 Å². The van der Waals surface area contributed by atoms with Gasteiger partial charge >= 0.3 is 0 Å². The van der Waals surface area contributed by atoms with E-state index in [4.69, 9.17) is 4.74 Å². The zero-order valence-electron chi connectivity index (χ0n) is 13.0.